The van der Waals surface area contributed by atoms with Crippen LogP contribution in [-0.4, -0.2) is 20.3 Å². The number of hydrogen-bond donors (Lipinski definition) is 2. The molecule has 126 valence electrons. The maximum absolute atomic E-state index is 11.9. The monoisotopic (exact) mass is 317 g/mol. The molecule has 1 atom stereocenters. The van der Waals surface area contributed by atoms with Crippen LogP contribution in [0.1, 0.15) is 52.7 Å². The molecule has 0 radical (unpaired) electrons. The van der Waals surface area contributed by atoms with E-state index in [1.165, 1.54) is 6.92 Å². The van der Waals surface area contributed by atoms with Gasteiger partial charge in [-0.1, -0.05) is 64.6 Å². The summed E-state index contributed by atoms with van der Waals surface area (Å²) in [4.78, 5) is 14.6. The largest absolute Gasteiger partial charge is 0.513 e. The molecule has 0 amide bonds. The third-order valence-corrected chi connectivity index (χ3v) is 2.85. The Morgan fingerprint density at radius 1 is 1.26 bits per heavy atom. The van der Waals surface area contributed by atoms with Crippen molar-refractivity contribution in [3.8, 4) is 11.4 Å². The first-order valence-corrected chi connectivity index (χ1v) is 7.82. The van der Waals surface area contributed by atoms with Crippen molar-refractivity contribution in [3.05, 3.63) is 58.7 Å². The van der Waals surface area contributed by atoms with Crippen LogP contribution in [0.3, 0.4) is 0 Å². The number of aromatic nitrogens is 3. The van der Waals surface area contributed by atoms with Crippen LogP contribution in [0.5, 0.6) is 0 Å². The smallest absolute Gasteiger partial charge is 0.273 e. The second-order valence-electron chi connectivity index (χ2n) is 4.80. The average molecular weight is 317 g/mol. The molecular formula is C18H27N3O2. The Morgan fingerprint density at radius 2 is 1.78 bits per heavy atom. The summed E-state index contributed by atoms with van der Waals surface area (Å²) in [6.45, 7) is 12.6. The fourth-order valence-electron chi connectivity index (χ4n) is 1.59. The van der Waals surface area contributed by atoms with Gasteiger partial charge < -0.3 is 10.1 Å². The Morgan fingerprint density at radius 3 is 2.22 bits per heavy atom. The second-order valence-corrected chi connectivity index (χ2v) is 4.80. The molecule has 5 heteroatoms. The summed E-state index contributed by atoms with van der Waals surface area (Å²) in [5, 5.41) is 16.0. The van der Waals surface area contributed by atoms with Crippen LogP contribution in [0.25, 0.3) is 11.4 Å². The Kier molecular flexibility index (Phi) is 10.00. The lowest BCUT2D eigenvalue weighted by atomic mass is 10.1. The molecule has 0 saturated heterocycles. The van der Waals surface area contributed by atoms with Gasteiger partial charge in [0.1, 0.15) is 5.69 Å². The van der Waals surface area contributed by atoms with Gasteiger partial charge >= 0.3 is 0 Å². The van der Waals surface area contributed by atoms with Crippen molar-refractivity contribution in [2.75, 3.05) is 0 Å². The Hall–Kier alpha value is -2.43. The highest BCUT2D eigenvalue weighted by atomic mass is 16.3. The van der Waals surface area contributed by atoms with Gasteiger partial charge in [-0.05, 0) is 13.3 Å². The quantitative estimate of drug-likeness (QED) is 0.820. The van der Waals surface area contributed by atoms with E-state index < -0.39 is 0 Å². The van der Waals surface area contributed by atoms with Crippen molar-refractivity contribution < 1.29 is 5.11 Å². The SMILES string of the molecule is C=C(C)O.CC.CCC(C)c1nnc(-c2ccccc2)[nH]c1=O. The van der Waals surface area contributed by atoms with E-state index in [2.05, 4.69) is 21.8 Å². The van der Waals surface area contributed by atoms with Crippen LogP contribution in [0.15, 0.2) is 47.5 Å². The average Bonchev–Trinajstić information content (AvgIpc) is 2.56. The van der Waals surface area contributed by atoms with Crippen molar-refractivity contribution >= 4 is 0 Å². The van der Waals surface area contributed by atoms with E-state index in [1.807, 2.05) is 58.0 Å². The lowest BCUT2D eigenvalue weighted by Gasteiger charge is -2.06. The number of H-pyrrole nitrogens is 1. The minimum atomic E-state index is -0.145. The Bertz CT molecular complexity index is 632. The number of aliphatic hydroxyl groups is 1. The zero-order chi connectivity index (χ0) is 17.8. The topological polar surface area (TPSA) is 78.9 Å². The van der Waals surface area contributed by atoms with Gasteiger partial charge in [0.15, 0.2) is 5.82 Å². The normalized spacial score (nSPS) is 10.5. The molecule has 0 aliphatic carbocycles. The van der Waals surface area contributed by atoms with Gasteiger partial charge in [0.05, 0.1) is 5.76 Å². The van der Waals surface area contributed by atoms with E-state index in [4.69, 9.17) is 5.11 Å². The lowest BCUT2D eigenvalue weighted by Crippen LogP contribution is -2.19. The molecule has 23 heavy (non-hydrogen) atoms. The standard InChI is InChI=1S/C13H15N3O.C3H6O.C2H6/c1-3-9(2)11-13(17)14-12(16-15-11)10-7-5-4-6-8-10;1-3(2)4;1-2/h4-9H,3H2,1-2H3,(H,14,16,17);4H,1H2,2H3;1-2H3. The van der Waals surface area contributed by atoms with Gasteiger partial charge in [0.25, 0.3) is 5.56 Å². The predicted octanol–water partition coefficient (Wildman–Crippen LogP) is 4.45. The van der Waals surface area contributed by atoms with Crippen molar-refractivity contribution in [2.45, 2.75) is 47.0 Å². The molecular weight excluding hydrogens is 290 g/mol. The number of aliphatic hydroxyl groups excluding tert-OH is 1. The van der Waals surface area contributed by atoms with Crippen LogP contribution < -0.4 is 5.56 Å². The number of allylic oxidation sites excluding steroid dienone is 1. The molecule has 0 spiro atoms. The van der Waals surface area contributed by atoms with Gasteiger partial charge in [0, 0.05) is 11.5 Å². The molecule has 0 aliphatic rings. The maximum Gasteiger partial charge on any atom is 0.273 e. The molecule has 5 nitrogen and oxygen atoms in total. The molecule has 2 N–H and O–H groups in total. The fraction of sp³-hybridized carbons (Fsp3) is 0.389. The van der Waals surface area contributed by atoms with E-state index >= 15 is 0 Å². The summed E-state index contributed by atoms with van der Waals surface area (Å²) < 4.78 is 0. The van der Waals surface area contributed by atoms with E-state index in [-0.39, 0.29) is 17.2 Å². The molecule has 1 aromatic carbocycles. The summed E-state index contributed by atoms with van der Waals surface area (Å²) in [7, 11) is 0. The first-order chi connectivity index (χ1) is 11.0. The minimum Gasteiger partial charge on any atom is -0.513 e. The first kappa shape index (κ1) is 20.6. The van der Waals surface area contributed by atoms with Crippen LogP contribution in [0.2, 0.25) is 0 Å². The zero-order valence-corrected chi connectivity index (χ0v) is 14.6. The summed E-state index contributed by atoms with van der Waals surface area (Å²) in [6.07, 6.45) is 0.877. The van der Waals surface area contributed by atoms with Crippen LogP contribution >= 0.6 is 0 Å². The van der Waals surface area contributed by atoms with Gasteiger partial charge in [-0.2, -0.15) is 0 Å². The van der Waals surface area contributed by atoms with Gasteiger partial charge in [-0.3, -0.25) is 4.79 Å². The van der Waals surface area contributed by atoms with Gasteiger partial charge in [0.2, 0.25) is 0 Å². The molecule has 1 unspecified atom stereocenters. The van der Waals surface area contributed by atoms with Crippen LogP contribution in [0, 0.1) is 0 Å². The van der Waals surface area contributed by atoms with Crippen LogP contribution in [-0.2, 0) is 0 Å². The van der Waals surface area contributed by atoms with Crippen molar-refractivity contribution in [2.24, 2.45) is 0 Å². The number of nitrogens with one attached hydrogen (secondary N) is 1. The van der Waals surface area contributed by atoms with Crippen LogP contribution in [0.4, 0.5) is 0 Å². The Labute approximate surface area is 138 Å². The summed E-state index contributed by atoms with van der Waals surface area (Å²) >= 11 is 0. The molecule has 2 aromatic rings. The Balaban J connectivity index is 0.000000705. The molecule has 0 bridgehead atoms. The predicted molar refractivity (Wildman–Crippen MR) is 95.6 cm³/mol. The molecule has 0 saturated carbocycles. The highest BCUT2D eigenvalue weighted by Crippen LogP contribution is 2.14. The molecule has 0 fully saturated rings. The number of nitrogens with zero attached hydrogens (tertiary/aromatic N) is 2. The zero-order valence-electron chi connectivity index (χ0n) is 14.6. The second kappa shape index (κ2) is 11.2. The van der Waals surface area contributed by atoms with E-state index in [0.29, 0.717) is 11.5 Å². The maximum atomic E-state index is 11.9. The van der Waals surface area contributed by atoms with E-state index in [0.717, 1.165) is 12.0 Å². The van der Waals surface area contributed by atoms with E-state index in [9.17, 15) is 4.79 Å². The minimum absolute atomic E-state index is 0.135. The van der Waals surface area contributed by atoms with Crippen molar-refractivity contribution in [3.63, 3.8) is 0 Å². The molecule has 2 rings (SSSR count). The number of aromatic amines is 1. The summed E-state index contributed by atoms with van der Waals surface area (Å²) in [5.74, 6) is 0.818. The number of rotatable bonds is 3. The molecule has 1 heterocycles. The summed E-state index contributed by atoms with van der Waals surface area (Å²) in [6, 6.07) is 9.50. The highest BCUT2D eigenvalue weighted by Gasteiger charge is 2.11. The van der Waals surface area contributed by atoms with Crippen molar-refractivity contribution in [1.29, 1.82) is 0 Å². The highest BCUT2D eigenvalue weighted by molar-refractivity contribution is 5.53. The third-order valence-electron chi connectivity index (χ3n) is 2.85. The fourth-order valence-corrected chi connectivity index (χ4v) is 1.59. The third kappa shape index (κ3) is 7.40. The van der Waals surface area contributed by atoms with Crippen molar-refractivity contribution in [1.82, 2.24) is 15.2 Å². The molecule has 0 aliphatic heterocycles. The lowest BCUT2D eigenvalue weighted by molar-refractivity contribution is 0.417. The van der Waals surface area contributed by atoms with E-state index in [1.54, 1.807) is 0 Å². The number of hydrogen-bond acceptors (Lipinski definition) is 4. The number of benzene rings is 1. The first-order valence-electron chi connectivity index (χ1n) is 7.82. The summed E-state index contributed by atoms with van der Waals surface area (Å²) in [5.41, 5.74) is 1.23. The molecule has 1 aromatic heterocycles. The van der Waals surface area contributed by atoms with Gasteiger partial charge in [-0.15, -0.1) is 10.2 Å². The van der Waals surface area contributed by atoms with Gasteiger partial charge in [-0.25, -0.2) is 0 Å².